The third-order valence-corrected chi connectivity index (χ3v) is 4.02. The van der Waals surface area contributed by atoms with Crippen LogP contribution in [0.25, 0.3) is 11.5 Å². The number of rotatable bonds is 3. The Bertz CT molecular complexity index is 756. The van der Waals surface area contributed by atoms with Gasteiger partial charge in [-0.25, -0.2) is 0 Å². The van der Waals surface area contributed by atoms with Crippen LogP contribution in [0.15, 0.2) is 52.9 Å². The van der Waals surface area contributed by atoms with Crippen molar-refractivity contribution in [1.29, 1.82) is 0 Å². The third kappa shape index (κ3) is 2.94. The van der Waals surface area contributed by atoms with E-state index in [1.54, 1.807) is 0 Å². The summed E-state index contributed by atoms with van der Waals surface area (Å²) in [4.78, 5) is 0. The van der Waals surface area contributed by atoms with Crippen molar-refractivity contribution in [2.75, 3.05) is 0 Å². The lowest BCUT2D eigenvalue weighted by atomic mass is 10.1. The molecule has 3 nitrogen and oxygen atoms in total. The molecule has 21 heavy (non-hydrogen) atoms. The summed E-state index contributed by atoms with van der Waals surface area (Å²) in [5, 5.41) is 8.35. The second kappa shape index (κ2) is 5.88. The summed E-state index contributed by atoms with van der Waals surface area (Å²) < 4.78 is 5.68. The highest BCUT2D eigenvalue weighted by Crippen LogP contribution is 2.30. The number of halogens is 2. The molecule has 3 aromatic rings. The molecule has 0 spiro atoms. The Balaban J connectivity index is 1.91. The van der Waals surface area contributed by atoms with Crippen LogP contribution >= 0.6 is 23.2 Å². The summed E-state index contributed by atoms with van der Waals surface area (Å²) >= 11 is 12.4. The van der Waals surface area contributed by atoms with Crippen LogP contribution in [0.3, 0.4) is 0 Å². The van der Waals surface area contributed by atoms with Gasteiger partial charge in [0.2, 0.25) is 11.8 Å². The smallest absolute Gasteiger partial charge is 0.247 e. The summed E-state index contributed by atoms with van der Waals surface area (Å²) in [6.07, 6.45) is 0. The van der Waals surface area contributed by atoms with Crippen LogP contribution in [0, 0.1) is 6.92 Å². The van der Waals surface area contributed by atoms with Crippen LogP contribution in [0.2, 0.25) is 5.02 Å². The molecule has 1 unspecified atom stereocenters. The summed E-state index contributed by atoms with van der Waals surface area (Å²) in [5.41, 5.74) is 2.70. The molecule has 3 rings (SSSR count). The van der Waals surface area contributed by atoms with Gasteiger partial charge in [0.15, 0.2) is 0 Å². The largest absolute Gasteiger partial charge is 0.419 e. The van der Waals surface area contributed by atoms with E-state index in [2.05, 4.69) is 10.2 Å². The van der Waals surface area contributed by atoms with Gasteiger partial charge in [0.05, 0.1) is 0 Å². The van der Waals surface area contributed by atoms with Gasteiger partial charge >= 0.3 is 0 Å². The molecular formula is C16H12Cl2N2O. The number of aromatic nitrogens is 2. The van der Waals surface area contributed by atoms with Crippen LogP contribution in [0.5, 0.6) is 0 Å². The second-order valence-corrected chi connectivity index (χ2v) is 5.53. The molecule has 1 heterocycles. The van der Waals surface area contributed by atoms with E-state index >= 15 is 0 Å². The number of alkyl halides is 1. The zero-order valence-corrected chi connectivity index (χ0v) is 12.8. The van der Waals surface area contributed by atoms with E-state index < -0.39 is 5.38 Å². The van der Waals surface area contributed by atoms with Gasteiger partial charge in [-0.3, -0.25) is 0 Å². The predicted octanol–water partition coefficient (Wildman–Crippen LogP) is 5.03. The minimum absolute atomic E-state index is 0.380. The van der Waals surface area contributed by atoms with Crippen molar-refractivity contribution >= 4 is 23.2 Å². The van der Waals surface area contributed by atoms with Gasteiger partial charge in [0.25, 0.3) is 0 Å². The first kappa shape index (κ1) is 14.1. The fourth-order valence-corrected chi connectivity index (χ4v) is 2.35. The van der Waals surface area contributed by atoms with Crippen LogP contribution in [-0.4, -0.2) is 10.2 Å². The lowest BCUT2D eigenvalue weighted by molar-refractivity contribution is 0.513. The predicted molar refractivity (Wildman–Crippen MR) is 83.6 cm³/mol. The Morgan fingerprint density at radius 1 is 1.05 bits per heavy atom. The lowest BCUT2D eigenvalue weighted by Crippen LogP contribution is -1.92. The van der Waals surface area contributed by atoms with Gasteiger partial charge in [-0.15, -0.1) is 21.8 Å². The third-order valence-electron chi connectivity index (χ3n) is 3.15. The van der Waals surface area contributed by atoms with Crippen LogP contribution < -0.4 is 0 Å². The Hall–Kier alpha value is -1.84. The second-order valence-electron chi connectivity index (χ2n) is 4.68. The van der Waals surface area contributed by atoms with Crippen molar-refractivity contribution in [2.45, 2.75) is 12.3 Å². The molecule has 1 aromatic heterocycles. The lowest BCUT2D eigenvalue weighted by Gasteiger charge is -2.04. The highest BCUT2D eigenvalue weighted by Gasteiger charge is 2.18. The Morgan fingerprint density at radius 2 is 1.81 bits per heavy atom. The van der Waals surface area contributed by atoms with E-state index in [9.17, 15) is 0 Å². The van der Waals surface area contributed by atoms with Crippen molar-refractivity contribution in [1.82, 2.24) is 10.2 Å². The van der Waals surface area contributed by atoms with Crippen molar-refractivity contribution in [2.24, 2.45) is 0 Å². The van der Waals surface area contributed by atoms with E-state index in [1.165, 1.54) is 0 Å². The molecule has 0 saturated heterocycles. The fraction of sp³-hybridized carbons (Fsp3) is 0.125. The Morgan fingerprint density at radius 3 is 2.52 bits per heavy atom. The molecule has 2 aromatic carbocycles. The number of hydrogen-bond acceptors (Lipinski definition) is 3. The van der Waals surface area contributed by atoms with Gasteiger partial charge in [0.1, 0.15) is 5.38 Å². The zero-order chi connectivity index (χ0) is 14.8. The van der Waals surface area contributed by atoms with Crippen LogP contribution in [0.1, 0.15) is 22.4 Å². The SMILES string of the molecule is Cc1cc(-c2nnc(C(Cl)c3ccccc3)o2)ccc1Cl. The van der Waals surface area contributed by atoms with E-state index in [4.69, 9.17) is 27.6 Å². The van der Waals surface area contributed by atoms with Crippen LogP contribution in [0.4, 0.5) is 0 Å². The Labute approximate surface area is 132 Å². The first-order chi connectivity index (χ1) is 10.1. The number of benzene rings is 2. The first-order valence-electron chi connectivity index (χ1n) is 6.44. The minimum Gasteiger partial charge on any atom is -0.419 e. The molecule has 0 N–H and O–H groups in total. The monoisotopic (exact) mass is 318 g/mol. The van der Waals surface area contributed by atoms with Gasteiger partial charge in [-0.1, -0.05) is 41.9 Å². The standard InChI is InChI=1S/C16H12Cl2N2O/c1-10-9-12(7-8-13(10)17)15-19-20-16(21-15)14(18)11-5-3-2-4-6-11/h2-9,14H,1H3. The molecule has 0 bridgehead atoms. The van der Waals surface area contributed by atoms with Gasteiger partial charge in [0, 0.05) is 10.6 Å². The average Bonchev–Trinajstić information content (AvgIpc) is 3.00. The molecule has 106 valence electrons. The molecule has 1 atom stereocenters. The number of nitrogens with zero attached hydrogens (tertiary/aromatic N) is 2. The van der Waals surface area contributed by atoms with Gasteiger partial charge in [-0.2, -0.15) is 0 Å². The fourth-order valence-electron chi connectivity index (χ4n) is 2.00. The molecule has 5 heteroatoms. The minimum atomic E-state index is -0.458. The average molecular weight is 319 g/mol. The highest BCUT2D eigenvalue weighted by atomic mass is 35.5. The van der Waals surface area contributed by atoms with E-state index in [0.717, 1.165) is 16.7 Å². The molecule has 0 fully saturated rings. The normalized spacial score (nSPS) is 12.3. The Kier molecular flexibility index (Phi) is 3.95. The van der Waals surface area contributed by atoms with E-state index in [1.807, 2.05) is 55.5 Å². The molecule has 0 aliphatic heterocycles. The number of hydrogen-bond donors (Lipinski definition) is 0. The quantitative estimate of drug-likeness (QED) is 0.636. The maximum atomic E-state index is 6.37. The van der Waals surface area contributed by atoms with E-state index in [-0.39, 0.29) is 0 Å². The summed E-state index contributed by atoms with van der Waals surface area (Å²) in [7, 11) is 0. The maximum Gasteiger partial charge on any atom is 0.247 e. The molecule has 0 amide bonds. The van der Waals surface area contributed by atoms with Gasteiger partial charge in [-0.05, 0) is 36.2 Å². The molecule has 0 aliphatic carbocycles. The summed E-state index contributed by atoms with van der Waals surface area (Å²) in [6.45, 7) is 1.93. The molecule has 0 saturated carbocycles. The topological polar surface area (TPSA) is 38.9 Å². The number of aryl methyl sites for hydroxylation is 1. The van der Waals surface area contributed by atoms with Crippen LogP contribution in [-0.2, 0) is 0 Å². The summed E-state index contributed by atoms with van der Waals surface area (Å²) in [5.74, 6) is 0.816. The van der Waals surface area contributed by atoms with Crippen molar-refractivity contribution in [3.63, 3.8) is 0 Å². The molecule has 0 aliphatic rings. The van der Waals surface area contributed by atoms with Crippen molar-refractivity contribution in [3.8, 4) is 11.5 Å². The maximum absolute atomic E-state index is 6.37. The zero-order valence-electron chi connectivity index (χ0n) is 11.3. The van der Waals surface area contributed by atoms with Crippen molar-refractivity contribution < 1.29 is 4.42 Å². The molecule has 0 radical (unpaired) electrons. The first-order valence-corrected chi connectivity index (χ1v) is 7.25. The van der Waals surface area contributed by atoms with Gasteiger partial charge < -0.3 is 4.42 Å². The molecular weight excluding hydrogens is 307 g/mol. The summed E-state index contributed by atoms with van der Waals surface area (Å²) in [6, 6.07) is 15.2. The highest BCUT2D eigenvalue weighted by molar-refractivity contribution is 6.31. The van der Waals surface area contributed by atoms with E-state index in [0.29, 0.717) is 16.8 Å². The van der Waals surface area contributed by atoms with Crippen molar-refractivity contribution in [3.05, 3.63) is 70.6 Å².